The van der Waals surface area contributed by atoms with Gasteiger partial charge in [0, 0.05) is 12.1 Å². The summed E-state index contributed by atoms with van der Waals surface area (Å²) in [6.45, 7) is 4.34. The molecule has 0 saturated heterocycles. The molecular formula is C14H13Cl2FN2O. The molecule has 6 heteroatoms. The Morgan fingerprint density at radius 2 is 2.10 bits per heavy atom. The molecule has 0 unspecified atom stereocenters. The molecule has 0 spiro atoms. The zero-order valence-electron chi connectivity index (χ0n) is 11.1. The van der Waals surface area contributed by atoms with Gasteiger partial charge in [0.05, 0.1) is 27.9 Å². The van der Waals surface area contributed by atoms with Gasteiger partial charge < -0.3 is 0 Å². The summed E-state index contributed by atoms with van der Waals surface area (Å²) >= 11 is 11.8. The third-order valence-electron chi connectivity index (χ3n) is 3.02. The summed E-state index contributed by atoms with van der Waals surface area (Å²) in [4.78, 5) is 12.2. The number of benzene rings is 1. The summed E-state index contributed by atoms with van der Waals surface area (Å²) in [5, 5.41) is 4.68. The van der Waals surface area contributed by atoms with Gasteiger partial charge in [-0.2, -0.15) is 5.10 Å². The van der Waals surface area contributed by atoms with Crippen molar-refractivity contribution < 1.29 is 9.18 Å². The van der Waals surface area contributed by atoms with E-state index in [0.29, 0.717) is 28.5 Å². The Morgan fingerprint density at radius 3 is 2.70 bits per heavy atom. The molecule has 1 aromatic heterocycles. The minimum absolute atomic E-state index is 0.0675. The van der Waals surface area contributed by atoms with Crippen LogP contribution in [-0.2, 0) is 13.0 Å². The number of hydrogen-bond donors (Lipinski definition) is 0. The predicted octanol–water partition coefficient (Wildman–Crippen LogP) is 4.08. The maximum atomic E-state index is 13.1. The highest BCUT2D eigenvalue weighted by Gasteiger charge is 2.17. The van der Waals surface area contributed by atoms with Crippen molar-refractivity contribution >= 4 is 29.0 Å². The highest BCUT2D eigenvalue weighted by atomic mass is 35.5. The van der Waals surface area contributed by atoms with Gasteiger partial charge in [0.1, 0.15) is 5.82 Å². The standard InChI is InChI=1S/C14H13Cl2FN2O/c1-3-19-12(14(16)8(2)18-19)7-13(20)9-4-5-11(17)10(15)6-9/h4-6H,3,7H2,1-2H3. The van der Waals surface area contributed by atoms with Crippen molar-refractivity contribution in [2.24, 2.45) is 0 Å². The van der Waals surface area contributed by atoms with E-state index in [4.69, 9.17) is 23.2 Å². The van der Waals surface area contributed by atoms with Crippen molar-refractivity contribution in [2.75, 3.05) is 0 Å². The minimum Gasteiger partial charge on any atom is -0.294 e. The van der Waals surface area contributed by atoms with Gasteiger partial charge in [0.2, 0.25) is 0 Å². The largest absolute Gasteiger partial charge is 0.294 e. The highest BCUT2D eigenvalue weighted by Crippen LogP contribution is 2.23. The van der Waals surface area contributed by atoms with Gasteiger partial charge in [-0.3, -0.25) is 9.48 Å². The molecule has 0 amide bonds. The number of Topliss-reactive ketones (excluding diaryl/α,β-unsaturated/α-hetero) is 1. The summed E-state index contributed by atoms with van der Waals surface area (Å²) in [7, 11) is 0. The van der Waals surface area contributed by atoms with Crippen molar-refractivity contribution in [3.05, 3.63) is 51.0 Å². The third kappa shape index (κ3) is 2.86. The summed E-state index contributed by atoms with van der Waals surface area (Å²) in [5.41, 5.74) is 1.71. The molecule has 3 nitrogen and oxygen atoms in total. The Hall–Kier alpha value is -1.39. The molecule has 0 fully saturated rings. The first kappa shape index (κ1) is 15.0. The first-order valence-corrected chi connectivity index (χ1v) is 6.89. The van der Waals surface area contributed by atoms with Crippen LogP contribution in [0.1, 0.15) is 28.7 Å². The van der Waals surface area contributed by atoms with Crippen molar-refractivity contribution in [1.29, 1.82) is 0 Å². The van der Waals surface area contributed by atoms with Crippen LogP contribution in [0, 0.1) is 12.7 Å². The molecule has 0 aliphatic heterocycles. The molecule has 0 radical (unpaired) electrons. The monoisotopic (exact) mass is 314 g/mol. The average Bonchev–Trinajstić information content (AvgIpc) is 2.69. The normalized spacial score (nSPS) is 10.8. The van der Waals surface area contributed by atoms with Crippen LogP contribution in [0.15, 0.2) is 18.2 Å². The quantitative estimate of drug-likeness (QED) is 0.797. The number of rotatable bonds is 4. The van der Waals surface area contributed by atoms with E-state index in [1.807, 2.05) is 6.92 Å². The SMILES string of the molecule is CCn1nc(C)c(Cl)c1CC(=O)c1ccc(F)c(Cl)c1. The van der Waals surface area contributed by atoms with Crippen LogP contribution in [0.2, 0.25) is 10.0 Å². The third-order valence-corrected chi connectivity index (χ3v) is 3.80. The molecule has 1 aromatic carbocycles. The van der Waals surface area contributed by atoms with Gasteiger partial charge in [-0.15, -0.1) is 0 Å². The number of halogens is 3. The molecular weight excluding hydrogens is 302 g/mol. The van der Waals surface area contributed by atoms with E-state index in [-0.39, 0.29) is 17.2 Å². The molecule has 1 heterocycles. The fourth-order valence-corrected chi connectivity index (χ4v) is 2.34. The van der Waals surface area contributed by atoms with Gasteiger partial charge in [0.15, 0.2) is 5.78 Å². The summed E-state index contributed by atoms with van der Waals surface area (Å²) < 4.78 is 14.8. The fraction of sp³-hybridized carbons (Fsp3) is 0.286. The minimum atomic E-state index is -0.546. The molecule has 0 aliphatic rings. The zero-order chi connectivity index (χ0) is 14.9. The fourth-order valence-electron chi connectivity index (χ4n) is 1.96. The van der Waals surface area contributed by atoms with Crippen molar-refractivity contribution in [3.63, 3.8) is 0 Å². The Labute approximate surface area is 126 Å². The van der Waals surface area contributed by atoms with E-state index in [9.17, 15) is 9.18 Å². The second-order valence-electron chi connectivity index (χ2n) is 4.39. The lowest BCUT2D eigenvalue weighted by molar-refractivity contribution is 0.0990. The average molecular weight is 315 g/mol. The molecule has 0 N–H and O–H groups in total. The number of aryl methyl sites for hydroxylation is 2. The van der Waals surface area contributed by atoms with Crippen LogP contribution < -0.4 is 0 Å². The smallest absolute Gasteiger partial charge is 0.168 e. The summed E-state index contributed by atoms with van der Waals surface area (Å²) in [6, 6.07) is 3.92. The molecule has 2 rings (SSSR count). The van der Waals surface area contributed by atoms with Gasteiger partial charge in [-0.25, -0.2) is 4.39 Å². The van der Waals surface area contributed by atoms with Gasteiger partial charge in [-0.05, 0) is 32.0 Å². The number of carbonyl (C=O) groups is 1. The first-order chi connectivity index (χ1) is 9.43. The zero-order valence-corrected chi connectivity index (χ0v) is 12.6. The van der Waals surface area contributed by atoms with Crippen molar-refractivity contribution in [1.82, 2.24) is 9.78 Å². The molecule has 20 heavy (non-hydrogen) atoms. The van der Waals surface area contributed by atoms with Crippen LogP contribution in [0.4, 0.5) is 4.39 Å². The Morgan fingerprint density at radius 1 is 1.40 bits per heavy atom. The lowest BCUT2D eigenvalue weighted by Crippen LogP contribution is -2.10. The van der Waals surface area contributed by atoms with Gasteiger partial charge >= 0.3 is 0 Å². The number of hydrogen-bond acceptors (Lipinski definition) is 2. The Kier molecular flexibility index (Phi) is 4.45. The lowest BCUT2D eigenvalue weighted by atomic mass is 10.1. The second kappa shape index (κ2) is 5.94. The maximum Gasteiger partial charge on any atom is 0.168 e. The number of nitrogens with zero attached hydrogens (tertiary/aromatic N) is 2. The van der Waals surface area contributed by atoms with Crippen molar-refractivity contribution in [3.8, 4) is 0 Å². The summed E-state index contributed by atoms with van der Waals surface area (Å²) in [5.74, 6) is -0.723. The number of carbonyl (C=O) groups excluding carboxylic acids is 1. The van der Waals surface area contributed by atoms with E-state index in [1.54, 1.807) is 11.6 Å². The maximum absolute atomic E-state index is 13.1. The lowest BCUT2D eigenvalue weighted by Gasteiger charge is -2.05. The highest BCUT2D eigenvalue weighted by molar-refractivity contribution is 6.32. The molecule has 0 aliphatic carbocycles. The van der Waals surface area contributed by atoms with Crippen molar-refractivity contribution in [2.45, 2.75) is 26.8 Å². The van der Waals surface area contributed by atoms with E-state index in [2.05, 4.69) is 5.10 Å². The topological polar surface area (TPSA) is 34.9 Å². The van der Waals surface area contributed by atoms with Crippen LogP contribution in [0.25, 0.3) is 0 Å². The molecule has 106 valence electrons. The van der Waals surface area contributed by atoms with E-state index >= 15 is 0 Å². The van der Waals surface area contributed by atoms with Crippen LogP contribution in [-0.4, -0.2) is 15.6 Å². The van der Waals surface area contributed by atoms with Crippen LogP contribution >= 0.6 is 23.2 Å². The first-order valence-electron chi connectivity index (χ1n) is 6.14. The molecule has 0 saturated carbocycles. The van der Waals surface area contributed by atoms with E-state index in [1.165, 1.54) is 18.2 Å². The van der Waals surface area contributed by atoms with Gasteiger partial charge in [0.25, 0.3) is 0 Å². The second-order valence-corrected chi connectivity index (χ2v) is 5.18. The van der Waals surface area contributed by atoms with E-state index in [0.717, 1.165) is 0 Å². The number of aromatic nitrogens is 2. The van der Waals surface area contributed by atoms with E-state index < -0.39 is 5.82 Å². The summed E-state index contributed by atoms with van der Waals surface area (Å²) in [6.07, 6.45) is 0.107. The Balaban J connectivity index is 2.30. The molecule has 2 aromatic rings. The predicted molar refractivity (Wildman–Crippen MR) is 77.1 cm³/mol. The van der Waals surface area contributed by atoms with Crippen LogP contribution in [0.3, 0.4) is 0 Å². The van der Waals surface area contributed by atoms with Gasteiger partial charge in [-0.1, -0.05) is 23.2 Å². The molecule has 0 bridgehead atoms. The number of ketones is 1. The molecule has 0 atom stereocenters. The Bertz CT molecular complexity index is 667. The van der Waals surface area contributed by atoms with Crippen LogP contribution in [0.5, 0.6) is 0 Å².